The topological polar surface area (TPSA) is 102 Å². The zero-order valence-electron chi connectivity index (χ0n) is 17.4. The molecule has 0 heterocycles. The SMILES string of the molecule is COC(=O)c1cc(CNC(=O)c2ccc(C)cc2)cc(NS(=O)(=O)c2ccccc2Cl)c1. The standard InChI is InChI=1S/C23H21ClN2O5S/c1-15-7-9-17(10-8-15)22(27)25-14-16-11-18(23(28)31-2)13-19(12-16)26-32(29,30)21-6-4-3-5-20(21)24/h3-13,26H,14H2,1-2H3,(H,25,27). The third-order valence-corrected chi connectivity index (χ3v) is 6.44. The van der Waals surface area contributed by atoms with E-state index in [1.165, 1.54) is 37.4 Å². The summed E-state index contributed by atoms with van der Waals surface area (Å²) in [5, 5.41) is 2.82. The summed E-state index contributed by atoms with van der Waals surface area (Å²) in [5.74, 6) is -0.943. The molecule has 0 spiro atoms. The van der Waals surface area contributed by atoms with E-state index in [4.69, 9.17) is 16.3 Å². The highest BCUT2D eigenvalue weighted by Crippen LogP contribution is 2.25. The zero-order valence-corrected chi connectivity index (χ0v) is 19.0. The van der Waals surface area contributed by atoms with Crippen LogP contribution >= 0.6 is 11.6 Å². The predicted octanol–water partition coefficient (Wildman–Crippen LogP) is 4.17. The summed E-state index contributed by atoms with van der Waals surface area (Å²) in [6.45, 7) is 1.99. The maximum absolute atomic E-state index is 12.8. The van der Waals surface area contributed by atoms with Gasteiger partial charge in [0.1, 0.15) is 4.90 Å². The molecule has 0 atom stereocenters. The Morgan fingerprint density at radius 2 is 1.66 bits per heavy atom. The molecular formula is C23H21ClN2O5S. The maximum atomic E-state index is 12.8. The molecule has 0 unspecified atom stereocenters. The number of halogens is 1. The number of carbonyl (C=O) groups excluding carboxylic acids is 2. The number of esters is 1. The summed E-state index contributed by atoms with van der Waals surface area (Å²) < 4.78 is 32.8. The summed E-state index contributed by atoms with van der Waals surface area (Å²) in [7, 11) is -2.79. The Bertz CT molecular complexity index is 1260. The molecule has 32 heavy (non-hydrogen) atoms. The van der Waals surface area contributed by atoms with Crippen molar-refractivity contribution < 1.29 is 22.7 Å². The Kier molecular flexibility index (Phi) is 7.17. The van der Waals surface area contributed by atoms with Crippen molar-refractivity contribution in [3.05, 3.63) is 94.0 Å². The van der Waals surface area contributed by atoms with Crippen molar-refractivity contribution in [2.24, 2.45) is 0 Å². The lowest BCUT2D eigenvalue weighted by atomic mass is 10.1. The van der Waals surface area contributed by atoms with Crippen molar-refractivity contribution in [3.8, 4) is 0 Å². The molecule has 0 saturated heterocycles. The van der Waals surface area contributed by atoms with Crippen molar-refractivity contribution >= 4 is 39.2 Å². The molecule has 0 bridgehead atoms. The smallest absolute Gasteiger partial charge is 0.337 e. The fourth-order valence-corrected chi connectivity index (χ4v) is 4.51. The number of ether oxygens (including phenoxy) is 1. The van der Waals surface area contributed by atoms with Crippen LogP contribution < -0.4 is 10.0 Å². The fraction of sp³-hybridized carbons (Fsp3) is 0.130. The quantitative estimate of drug-likeness (QED) is 0.502. The van der Waals surface area contributed by atoms with Crippen LogP contribution in [0.3, 0.4) is 0 Å². The zero-order chi connectivity index (χ0) is 23.3. The van der Waals surface area contributed by atoms with Crippen molar-refractivity contribution in [2.45, 2.75) is 18.4 Å². The number of aryl methyl sites for hydroxylation is 1. The van der Waals surface area contributed by atoms with Crippen LogP contribution in [0.25, 0.3) is 0 Å². The number of nitrogens with one attached hydrogen (secondary N) is 2. The van der Waals surface area contributed by atoms with Crippen LogP contribution in [0.1, 0.15) is 31.8 Å². The third-order valence-electron chi connectivity index (χ3n) is 4.56. The maximum Gasteiger partial charge on any atom is 0.337 e. The summed E-state index contributed by atoms with van der Waals surface area (Å²) in [6, 6.07) is 17.5. The van der Waals surface area contributed by atoms with E-state index in [-0.39, 0.29) is 33.6 Å². The molecule has 3 aromatic carbocycles. The van der Waals surface area contributed by atoms with Crippen LogP contribution in [0.15, 0.2) is 71.6 Å². The molecule has 0 fully saturated rings. The van der Waals surface area contributed by atoms with Crippen LogP contribution in [0.4, 0.5) is 5.69 Å². The third kappa shape index (κ3) is 5.66. The predicted molar refractivity (Wildman–Crippen MR) is 122 cm³/mol. The molecule has 0 aliphatic heterocycles. The largest absolute Gasteiger partial charge is 0.465 e. The van der Waals surface area contributed by atoms with Gasteiger partial charge in [-0.05, 0) is 55.0 Å². The molecule has 0 aromatic heterocycles. The lowest BCUT2D eigenvalue weighted by Gasteiger charge is -2.13. The number of rotatable bonds is 7. The van der Waals surface area contributed by atoms with Gasteiger partial charge < -0.3 is 10.1 Å². The number of methoxy groups -OCH3 is 1. The van der Waals surface area contributed by atoms with Gasteiger partial charge in [0.05, 0.1) is 23.4 Å². The number of anilines is 1. The Labute approximate surface area is 191 Å². The van der Waals surface area contributed by atoms with Crippen molar-refractivity contribution in [1.29, 1.82) is 0 Å². The highest BCUT2D eigenvalue weighted by atomic mass is 35.5. The second-order valence-corrected chi connectivity index (χ2v) is 9.05. The molecule has 2 N–H and O–H groups in total. The van der Waals surface area contributed by atoms with E-state index in [1.54, 1.807) is 24.3 Å². The van der Waals surface area contributed by atoms with Crippen molar-refractivity contribution in [2.75, 3.05) is 11.8 Å². The molecule has 166 valence electrons. The van der Waals surface area contributed by atoms with Gasteiger partial charge in [0.25, 0.3) is 15.9 Å². The van der Waals surface area contributed by atoms with Gasteiger partial charge in [-0.2, -0.15) is 0 Å². The molecule has 0 aliphatic rings. The van der Waals surface area contributed by atoms with Crippen molar-refractivity contribution in [1.82, 2.24) is 5.32 Å². The first-order valence-corrected chi connectivity index (χ1v) is 11.4. The average molecular weight is 473 g/mol. The van der Waals surface area contributed by atoms with E-state index < -0.39 is 16.0 Å². The Hall–Kier alpha value is -3.36. The summed E-state index contributed by atoms with van der Waals surface area (Å²) >= 11 is 6.02. The lowest BCUT2D eigenvalue weighted by Crippen LogP contribution is -2.23. The van der Waals surface area contributed by atoms with Gasteiger partial charge in [0, 0.05) is 12.1 Å². The van der Waals surface area contributed by atoms with Gasteiger partial charge in [-0.1, -0.05) is 41.4 Å². The second kappa shape index (κ2) is 9.84. The van der Waals surface area contributed by atoms with Crippen molar-refractivity contribution in [3.63, 3.8) is 0 Å². The molecule has 3 aromatic rings. The molecule has 0 radical (unpaired) electrons. The van der Waals surface area contributed by atoms with E-state index in [9.17, 15) is 18.0 Å². The first kappa shape index (κ1) is 23.3. The van der Waals surface area contributed by atoms with Gasteiger partial charge in [0.15, 0.2) is 0 Å². The number of sulfonamides is 1. The van der Waals surface area contributed by atoms with E-state index in [0.717, 1.165) is 5.56 Å². The van der Waals surface area contributed by atoms with Gasteiger partial charge in [0.2, 0.25) is 0 Å². The Morgan fingerprint density at radius 3 is 2.31 bits per heavy atom. The van der Waals surface area contributed by atoms with Gasteiger partial charge in [-0.15, -0.1) is 0 Å². The van der Waals surface area contributed by atoms with E-state index in [0.29, 0.717) is 11.1 Å². The molecule has 3 rings (SSSR count). The fourth-order valence-electron chi connectivity index (χ4n) is 2.95. The lowest BCUT2D eigenvalue weighted by molar-refractivity contribution is 0.0600. The van der Waals surface area contributed by atoms with Gasteiger partial charge in [-0.3, -0.25) is 9.52 Å². The van der Waals surface area contributed by atoms with E-state index in [2.05, 4.69) is 10.0 Å². The minimum Gasteiger partial charge on any atom is -0.465 e. The minimum absolute atomic E-state index is 0.0645. The van der Waals surface area contributed by atoms with Crippen LogP contribution in [-0.2, 0) is 21.3 Å². The minimum atomic E-state index is -4.01. The number of hydrogen-bond acceptors (Lipinski definition) is 5. The number of carbonyl (C=O) groups is 2. The molecular weight excluding hydrogens is 452 g/mol. The first-order chi connectivity index (χ1) is 15.2. The van der Waals surface area contributed by atoms with E-state index >= 15 is 0 Å². The molecule has 0 saturated carbocycles. The molecule has 7 nitrogen and oxygen atoms in total. The normalized spacial score (nSPS) is 11.0. The van der Waals surface area contributed by atoms with Crippen LogP contribution in [0, 0.1) is 6.92 Å². The average Bonchev–Trinajstić information content (AvgIpc) is 2.77. The van der Waals surface area contributed by atoms with Gasteiger partial charge >= 0.3 is 5.97 Å². The summed E-state index contributed by atoms with van der Waals surface area (Å²) in [4.78, 5) is 24.4. The summed E-state index contributed by atoms with van der Waals surface area (Å²) in [5.41, 5.74) is 2.28. The highest BCUT2D eigenvalue weighted by Gasteiger charge is 2.19. The molecule has 0 aliphatic carbocycles. The van der Waals surface area contributed by atoms with Crippen LogP contribution in [-0.4, -0.2) is 27.4 Å². The Morgan fingerprint density at radius 1 is 0.969 bits per heavy atom. The summed E-state index contributed by atoms with van der Waals surface area (Å²) in [6.07, 6.45) is 0. The van der Waals surface area contributed by atoms with Gasteiger partial charge in [-0.25, -0.2) is 13.2 Å². The molecule has 9 heteroatoms. The Balaban J connectivity index is 1.86. The highest BCUT2D eigenvalue weighted by molar-refractivity contribution is 7.92. The monoisotopic (exact) mass is 472 g/mol. The number of benzene rings is 3. The number of hydrogen-bond donors (Lipinski definition) is 2. The number of amides is 1. The first-order valence-electron chi connectivity index (χ1n) is 9.54. The van der Waals surface area contributed by atoms with Crippen LogP contribution in [0.2, 0.25) is 5.02 Å². The van der Waals surface area contributed by atoms with Crippen LogP contribution in [0.5, 0.6) is 0 Å². The second-order valence-electron chi connectivity index (χ2n) is 6.99. The van der Waals surface area contributed by atoms with E-state index in [1.807, 2.05) is 19.1 Å². The molecule has 1 amide bonds.